The van der Waals surface area contributed by atoms with Crippen molar-refractivity contribution in [2.75, 3.05) is 11.9 Å². The number of carbonyl (C=O) groups excluding carboxylic acids is 2. The number of hydrogen-bond donors (Lipinski definition) is 3. The molecule has 0 aromatic carbocycles. The Balaban J connectivity index is 1.42. The number of nitrogens with zero attached hydrogens (tertiary/aromatic N) is 3. The second-order valence-electron chi connectivity index (χ2n) is 7.23. The number of urea groups is 1. The molecule has 1 saturated heterocycles. The lowest BCUT2D eigenvalue weighted by molar-refractivity contribution is 0.100. The van der Waals surface area contributed by atoms with E-state index in [1.807, 2.05) is 6.07 Å². The smallest absolute Gasteiger partial charge is 0.324 e. The Labute approximate surface area is 161 Å². The van der Waals surface area contributed by atoms with E-state index in [4.69, 9.17) is 5.73 Å². The second kappa shape index (κ2) is 7.67. The van der Waals surface area contributed by atoms with Crippen molar-refractivity contribution in [1.29, 1.82) is 0 Å². The molecular formula is C18H24N6O2S. The normalized spacial score (nSPS) is 20.7. The molecule has 1 saturated carbocycles. The number of aromatic nitrogens is 3. The number of H-pyrrole nitrogens is 1. The number of carbonyl (C=O) groups is 2. The van der Waals surface area contributed by atoms with Gasteiger partial charge in [-0.05, 0) is 37.8 Å². The highest BCUT2D eigenvalue weighted by Crippen LogP contribution is 2.36. The fraction of sp³-hybridized carbons (Fsp3) is 0.556. The molecule has 4 N–H and O–H groups in total. The van der Waals surface area contributed by atoms with Crippen LogP contribution in [0.2, 0.25) is 0 Å². The third-order valence-corrected chi connectivity index (χ3v) is 6.63. The summed E-state index contributed by atoms with van der Waals surface area (Å²) < 4.78 is 0. The Morgan fingerprint density at radius 3 is 2.74 bits per heavy atom. The van der Waals surface area contributed by atoms with E-state index < -0.39 is 5.91 Å². The van der Waals surface area contributed by atoms with Gasteiger partial charge in [-0.15, -0.1) is 16.4 Å². The number of likely N-dealkylation sites (tertiary alicyclic amines) is 1. The van der Waals surface area contributed by atoms with Gasteiger partial charge in [-0.25, -0.2) is 4.79 Å². The number of anilines is 1. The van der Waals surface area contributed by atoms with Crippen molar-refractivity contribution in [1.82, 2.24) is 20.1 Å². The van der Waals surface area contributed by atoms with Gasteiger partial charge < -0.3 is 10.6 Å². The maximum Gasteiger partial charge on any atom is 0.324 e. The lowest BCUT2D eigenvalue weighted by Crippen LogP contribution is -2.34. The minimum absolute atomic E-state index is 0.0418. The van der Waals surface area contributed by atoms with Crippen molar-refractivity contribution >= 4 is 29.2 Å². The molecule has 2 aromatic heterocycles. The maximum absolute atomic E-state index is 12.8. The van der Waals surface area contributed by atoms with Crippen molar-refractivity contribution < 1.29 is 9.59 Å². The van der Waals surface area contributed by atoms with Crippen molar-refractivity contribution in [2.24, 2.45) is 5.73 Å². The number of thiophene rings is 1. The molecule has 27 heavy (non-hydrogen) atoms. The van der Waals surface area contributed by atoms with Crippen LogP contribution in [-0.4, -0.2) is 38.6 Å². The number of nitrogens with one attached hydrogen (secondary N) is 2. The highest BCUT2D eigenvalue weighted by atomic mass is 32.1. The zero-order valence-electron chi connectivity index (χ0n) is 15.1. The first-order chi connectivity index (χ1) is 13.1. The molecule has 9 heteroatoms. The van der Waals surface area contributed by atoms with Gasteiger partial charge in [-0.3, -0.25) is 15.2 Å². The SMILES string of the molecule is NC(=O)c1ccc(C2CCCN2C(=O)Nc2n[nH]c(C3CCCCC3)n2)s1. The van der Waals surface area contributed by atoms with Crippen LogP contribution >= 0.6 is 11.3 Å². The van der Waals surface area contributed by atoms with E-state index in [0.717, 1.165) is 36.4 Å². The molecular weight excluding hydrogens is 364 g/mol. The molecule has 1 unspecified atom stereocenters. The van der Waals surface area contributed by atoms with Gasteiger partial charge >= 0.3 is 6.03 Å². The quantitative estimate of drug-likeness (QED) is 0.744. The lowest BCUT2D eigenvalue weighted by Gasteiger charge is -2.23. The summed E-state index contributed by atoms with van der Waals surface area (Å²) in [5, 5.41) is 9.98. The number of nitrogens with two attached hydrogens (primary N) is 1. The first-order valence-corrected chi connectivity index (χ1v) is 10.3. The topological polar surface area (TPSA) is 117 Å². The van der Waals surface area contributed by atoms with E-state index in [0.29, 0.717) is 23.3 Å². The predicted molar refractivity (Wildman–Crippen MR) is 103 cm³/mol. The van der Waals surface area contributed by atoms with E-state index in [-0.39, 0.29) is 12.1 Å². The molecule has 1 atom stereocenters. The molecule has 144 valence electrons. The molecule has 1 aliphatic carbocycles. The van der Waals surface area contributed by atoms with Gasteiger partial charge in [0.25, 0.3) is 5.91 Å². The fourth-order valence-corrected chi connectivity index (χ4v) is 5.03. The Morgan fingerprint density at radius 2 is 2.00 bits per heavy atom. The summed E-state index contributed by atoms with van der Waals surface area (Å²) in [5.74, 6) is 1.17. The van der Waals surface area contributed by atoms with Crippen LogP contribution in [0.3, 0.4) is 0 Å². The molecule has 0 bridgehead atoms. The van der Waals surface area contributed by atoms with E-state index in [9.17, 15) is 9.59 Å². The minimum atomic E-state index is -0.434. The van der Waals surface area contributed by atoms with Crippen LogP contribution in [0, 0.1) is 0 Å². The van der Waals surface area contributed by atoms with Crippen LogP contribution in [0.15, 0.2) is 12.1 Å². The number of aromatic amines is 1. The summed E-state index contributed by atoms with van der Waals surface area (Å²) in [6.07, 6.45) is 7.75. The number of rotatable bonds is 4. The van der Waals surface area contributed by atoms with Crippen molar-refractivity contribution in [2.45, 2.75) is 56.9 Å². The molecule has 0 radical (unpaired) electrons. The highest BCUT2D eigenvalue weighted by Gasteiger charge is 2.32. The van der Waals surface area contributed by atoms with Crippen LogP contribution in [0.1, 0.15) is 77.3 Å². The van der Waals surface area contributed by atoms with Gasteiger partial charge in [0.1, 0.15) is 5.82 Å². The highest BCUT2D eigenvalue weighted by molar-refractivity contribution is 7.14. The van der Waals surface area contributed by atoms with Crippen LogP contribution in [0.25, 0.3) is 0 Å². The Bertz CT molecular complexity index is 825. The molecule has 3 amide bonds. The lowest BCUT2D eigenvalue weighted by atomic mass is 9.89. The van der Waals surface area contributed by atoms with Gasteiger partial charge in [0, 0.05) is 17.3 Å². The summed E-state index contributed by atoms with van der Waals surface area (Å²) in [6.45, 7) is 0.667. The summed E-state index contributed by atoms with van der Waals surface area (Å²) >= 11 is 1.35. The molecule has 8 nitrogen and oxygen atoms in total. The van der Waals surface area contributed by atoms with Crippen LogP contribution in [0.4, 0.5) is 10.7 Å². The zero-order valence-corrected chi connectivity index (χ0v) is 15.9. The monoisotopic (exact) mass is 388 g/mol. The Morgan fingerprint density at radius 1 is 1.19 bits per heavy atom. The Hall–Kier alpha value is -2.42. The average Bonchev–Trinajstić information content (AvgIpc) is 3.41. The fourth-order valence-electron chi connectivity index (χ4n) is 4.03. The van der Waals surface area contributed by atoms with Crippen LogP contribution in [0.5, 0.6) is 0 Å². The average molecular weight is 388 g/mol. The molecule has 4 rings (SSSR count). The van der Waals surface area contributed by atoms with Crippen LogP contribution < -0.4 is 11.1 Å². The van der Waals surface area contributed by atoms with Gasteiger partial charge in [0.2, 0.25) is 5.95 Å². The van der Waals surface area contributed by atoms with Crippen molar-refractivity contribution in [3.05, 3.63) is 27.7 Å². The maximum atomic E-state index is 12.8. The van der Waals surface area contributed by atoms with Gasteiger partial charge in [0.15, 0.2) is 0 Å². The summed E-state index contributed by atoms with van der Waals surface area (Å²) in [5.41, 5.74) is 5.34. The molecule has 3 heterocycles. The first kappa shape index (κ1) is 18.0. The predicted octanol–water partition coefficient (Wildman–Crippen LogP) is 3.38. The van der Waals surface area contributed by atoms with E-state index in [2.05, 4.69) is 20.5 Å². The molecule has 2 aromatic rings. The van der Waals surface area contributed by atoms with Crippen LogP contribution in [-0.2, 0) is 0 Å². The van der Waals surface area contributed by atoms with Gasteiger partial charge in [-0.2, -0.15) is 4.98 Å². The first-order valence-electron chi connectivity index (χ1n) is 9.51. The van der Waals surface area contributed by atoms with Gasteiger partial charge in [-0.1, -0.05) is 19.3 Å². The molecule has 2 aliphatic rings. The van der Waals surface area contributed by atoms with Gasteiger partial charge in [0.05, 0.1) is 10.9 Å². The molecule has 2 fully saturated rings. The summed E-state index contributed by atoms with van der Waals surface area (Å²) in [6, 6.07) is 3.36. The number of hydrogen-bond acceptors (Lipinski definition) is 5. The standard InChI is InChI=1S/C18H24N6O2S/c19-15(25)14-9-8-13(27-14)12-7-4-10-24(12)18(26)21-17-20-16(22-23-17)11-5-2-1-3-6-11/h8-9,11-12H,1-7,10H2,(H2,19,25)(H2,20,21,22,23,26). The largest absolute Gasteiger partial charge is 0.365 e. The third kappa shape index (κ3) is 3.83. The van der Waals surface area contributed by atoms with E-state index >= 15 is 0 Å². The van der Waals surface area contributed by atoms with E-state index in [1.54, 1.807) is 11.0 Å². The second-order valence-corrected chi connectivity index (χ2v) is 8.34. The summed E-state index contributed by atoms with van der Waals surface area (Å²) in [4.78, 5) is 31.9. The van der Waals surface area contributed by atoms with Crippen molar-refractivity contribution in [3.8, 4) is 0 Å². The molecule has 0 spiro atoms. The van der Waals surface area contributed by atoms with Crippen molar-refractivity contribution in [3.63, 3.8) is 0 Å². The minimum Gasteiger partial charge on any atom is -0.365 e. The Kier molecular flexibility index (Phi) is 5.11. The number of amides is 3. The molecule has 1 aliphatic heterocycles. The number of primary amides is 1. The third-order valence-electron chi connectivity index (χ3n) is 5.43. The van der Waals surface area contributed by atoms with E-state index in [1.165, 1.54) is 30.6 Å². The zero-order chi connectivity index (χ0) is 18.8. The summed E-state index contributed by atoms with van der Waals surface area (Å²) in [7, 11) is 0.